The second kappa shape index (κ2) is 8.38. The van der Waals surface area contributed by atoms with E-state index in [1.165, 1.54) is 0 Å². The number of ketones is 1. The third-order valence-corrected chi connectivity index (χ3v) is 10.8. The van der Waals surface area contributed by atoms with Crippen LogP contribution in [0.3, 0.4) is 0 Å². The summed E-state index contributed by atoms with van der Waals surface area (Å²) < 4.78 is 0. The molecule has 33 heavy (non-hydrogen) atoms. The molecule has 0 aromatic rings. The highest BCUT2D eigenvalue weighted by Crippen LogP contribution is 2.69. The first kappa shape index (κ1) is 24.2. The van der Waals surface area contributed by atoms with E-state index in [9.17, 15) is 29.4 Å². The van der Waals surface area contributed by atoms with Crippen LogP contribution in [-0.4, -0.2) is 39.0 Å². The zero-order valence-electron chi connectivity index (χ0n) is 20.0. The first-order valence-electron chi connectivity index (χ1n) is 12.6. The predicted octanol–water partition coefficient (Wildman–Crippen LogP) is 4.34. The Bertz CT molecular complexity index is 852. The molecule has 0 saturated heterocycles. The van der Waals surface area contributed by atoms with Crippen LogP contribution >= 0.6 is 0 Å². The summed E-state index contributed by atoms with van der Waals surface area (Å²) in [7, 11) is 0. The van der Waals surface area contributed by atoms with Crippen molar-refractivity contribution in [2.45, 2.75) is 78.6 Å². The summed E-state index contributed by atoms with van der Waals surface area (Å²) in [6.07, 6.45) is 4.95. The maximum absolute atomic E-state index is 13.6. The molecule has 0 radical (unpaired) electrons. The maximum atomic E-state index is 13.6. The molecular formula is C26H38O7. The van der Waals surface area contributed by atoms with E-state index in [0.29, 0.717) is 32.1 Å². The Morgan fingerprint density at radius 2 is 1.70 bits per heavy atom. The first-order valence-corrected chi connectivity index (χ1v) is 12.6. The Hall–Kier alpha value is -1.92. The van der Waals surface area contributed by atoms with Gasteiger partial charge in [-0.25, -0.2) is 0 Å². The number of aliphatic carboxylic acids is 3. The van der Waals surface area contributed by atoms with Crippen molar-refractivity contribution in [3.8, 4) is 0 Å². The number of fused-ring (bicyclic) bond motifs is 5. The molecule has 0 aliphatic heterocycles. The maximum Gasteiger partial charge on any atom is 0.307 e. The summed E-state index contributed by atoms with van der Waals surface area (Å²) in [5.74, 6) is -3.22. The Morgan fingerprint density at radius 1 is 1.00 bits per heavy atom. The van der Waals surface area contributed by atoms with Gasteiger partial charge in [0, 0.05) is 18.8 Å². The van der Waals surface area contributed by atoms with Gasteiger partial charge in [-0.2, -0.15) is 0 Å². The van der Waals surface area contributed by atoms with Crippen LogP contribution in [0.25, 0.3) is 0 Å². The van der Waals surface area contributed by atoms with Gasteiger partial charge in [-0.3, -0.25) is 19.2 Å². The fraction of sp³-hybridized carbons (Fsp3) is 0.846. The van der Waals surface area contributed by atoms with Gasteiger partial charge in [0.15, 0.2) is 0 Å². The predicted molar refractivity (Wildman–Crippen MR) is 119 cm³/mol. The van der Waals surface area contributed by atoms with E-state index in [2.05, 4.69) is 13.8 Å². The van der Waals surface area contributed by atoms with Crippen LogP contribution in [0.1, 0.15) is 78.6 Å². The van der Waals surface area contributed by atoms with Crippen LogP contribution in [0.4, 0.5) is 0 Å². The zero-order chi connectivity index (χ0) is 24.3. The minimum absolute atomic E-state index is 0.00268. The number of carbonyl (C=O) groups excluding carboxylic acids is 1. The number of hydrogen-bond donors (Lipinski definition) is 3. The molecule has 0 heterocycles. The Balaban J connectivity index is 1.67. The highest BCUT2D eigenvalue weighted by molar-refractivity contribution is 5.84. The fourth-order valence-electron chi connectivity index (χ4n) is 9.05. The topological polar surface area (TPSA) is 129 Å². The van der Waals surface area contributed by atoms with Gasteiger partial charge in [-0.15, -0.1) is 0 Å². The first-order chi connectivity index (χ1) is 15.4. The van der Waals surface area contributed by atoms with Crippen molar-refractivity contribution in [3.05, 3.63) is 0 Å². The van der Waals surface area contributed by atoms with Gasteiger partial charge >= 0.3 is 17.9 Å². The second-order valence-electron chi connectivity index (χ2n) is 12.0. The van der Waals surface area contributed by atoms with Gasteiger partial charge < -0.3 is 15.3 Å². The van der Waals surface area contributed by atoms with E-state index >= 15 is 0 Å². The van der Waals surface area contributed by atoms with Crippen LogP contribution in [0.15, 0.2) is 0 Å². The normalized spacial score (nSPS) is 45.4. The molecule has 7 nitrogen and oxygen atoms in total. The van der Waals surface area contributed by atoms with Crippen molar-refractivity contribution >= 4 is 23.7 Å². The van der Waals surface area contributed by atoms with Crippen LogP contribution in [0, 0.1) is 58.2 Å². The summed E-state index contributed by atoms with van der Waals surface area (Å²) in [5, 5.41) is 29.1. The molecule has 3 N–H and O–H groups in total. The van der Waals surface area contributed by atoms with E-state index < -0.39 is 35.2 Å². The van der Waals surface area contributed by atoms with Crippen LogP contribution < -0.4 is 0 Å². The molecule has 4 rings (SSSR count). The lowest BCUT2D eigenvalue weighted by Crippen LogP contribution is -2.61. The molecule has 10 atom stereocenters. The van der Waals surface area contributed by atoms with Gasteiger partial charge in [0.25, 0.3) is 0 Å². The summed E-state index contributed by atoms with van der Waals surface area (Å²) in [6, 6.07) is 0. The number of carbonyl (C=O) groups is 4. The molecule has 0 amide bonds. The lowest BCUT2D eigenvalue weighted by Gasteiger charge is -2.61. The lowest BCUT2D eigenvalue weighted by atomic mass is 9.41. The molecule has 4 aliphatic rings. The van der Waals surface area contributed by atoms with Crippen molar-refractivity contribution in [1.29, 1.82) is 0 Å². The molecule has 4 aliphatic carbocycles. The van der Waals surface area contributed by atoms with E-state index in [1.807, 2.05) is 6.92 Å². The van der Waals surface area contributed by atoms with Gasteiger partial charge in [0.1, 0.15) is 5.78 Å². The monoisotopic (exact) mass is 462 g/mol. The second-order valence-corrected chi connectivity index (χ2v) is 12.0. The minimum Gasteiger partial charge on any atom is -0.481 e. The average Bonchev–Trinajstić information content (AvgIpc) is 3.09. The van der Waals surface area contributed by atoms with Crippen molar-refractivity contribution < 1.29 is 34.5 Å². The number of hydrogen-bond acceptors (Lipinski definition) is 4. The minimum atomic E-state index is -0.835. The summed E-state index contributed by atoms with van der Waals surface area (Å²) in [6.45, 7) is 6.29. The molecule has 184 valence electrons. The molecular weight excluding hydrogens is 424 g/mol. The van der Waals surface area contributed by atoms with Gasteiger partial charge in [-0.05, 0) is 85.4 Å². The highest BCUT2D eigenvalue weighted by atomic mass is 16.4. The fourth-order valence-corrected chi connectivity index (χ4v) is 9.05. The summed E-state index contributed by atoms with van der Waals surface area (Å²) in [5.41, 5.74) is -0.728. The van der Waals surface area contributed by atoms with Crippen LogP contribution in [0.5, 0.6) is 0 Å². The Kier molecular flexibility index (Phi) is 6.15. The van der Waals surface area contributed by atoms with Crippen LogP contribution in [-0.2, 0) is 19.2 Å². The molecule has 0 aromatic carbocycles. The number of rotatable bonds is 6. The lowest BCUT2D eigenvalue weighted by molar-refractivity contribution is -0.182. The molecule has 0 bridgehead atoms. The van der Waals surface area contributed by atoms with Crippen molar-refractivity contribution in [2.24, 2.45) is 58.2 Å². The van der Waals surface area contributed by atoms with E-state index in [1.54, 1.807) is 0 Å². The van der Waals surface area contributed by atoms with Crippen molar-refractivity contribution in [3.63, 3.8) is 0 Å². The Morgan fingerprint density at radius 3 is 2.30 bits per heavy atom. The van der Waals surface area contributed by atoms with Gasteiger partial charge in [-0.1, -0.05) is 20.8 Å². The number of Topliss-reactive ketones (excluding diaryl/α,β-unsaturated/α-hetero) is 1. The quantitative estimate of drug-likeness (QED) is 0.535. The van der Waals surface area contributed by atoms with Gasteiger partial charge in [0.2, 0.25) is 0 Å². The highest BCUT2D eigenvalue weighted by Gasteiger charge is 2.67. The van der Waals surface area contributed by atoms with E-state index in [4.69, 9.17) is 5.11 Å². The van der Waals surface area contributed by atoms with Crippen molar-refractivity contribution in [1.82, 2.24) is 0 Å². The average molecular weight is 463 g/mol. The molecule has 0 spiro atoms. The standard InChI is InChI=1S/C26H38O7/c1-13(4-7-21(28)29)16-5-6-17-22-18(12-19(24(32)33)26(16,17)3)25(2)9-8-14(23(30)31)10-15(25)11-20(22)27/h13-19,22H,4-12H2,1-3H3,(H,28,29)(H,30,31)(H,32,33)/t13-,14+,15-,16+,17-,18+,19+,22+,25-,26+/m0/s1. The van der Waals surface area contributed by atoms with Gasteiger partial charge in [0.05, 0.1) is 11.8 Å². The Labute approximate surface area is 195 Å². The largest absolute Gasteiger partial charge is 0.481 e. The van der Waals surface area contributed by atoms with Crippen molar-refractivity contribution in [2.75, 3.05) is 0 Å². The van der Waals surface area contributed by atoms with Crippen LogP contribution in [0.2, 0.25) is 0 Å². The summed E-state index contributed by atoms with van der Waals surface area (Å²) in [4.78, 5) is 49.0. The number of carboxylic acid groups (broad SMARTS) is 3. The smallest absolute Gasteiger partial charge is 0.307 e. The van der Waals surface area contributed by atoms with E-state index in [0.717, 1.165) is 19.3 Å². The molecule has 7 heteroatoms. The van der Waals surface area contributed by atoms with E-state index in [-0.39, 0.29) is 53.1 Å². The zero-order valence-corrected chi connectivity index (χ0v) is 20.0. The third-order valence-electron chi connectivity index (χ3n) is 10.8. The summed E-state index contributed by atoms with van der Waals surface area (Å²) >= 11 is 0. The molecule has 4 saturated carbocycles. The third kappa shape index (κ3) is 3.70. The number of carboxylic acids is 3. The molecule has 0 aromatic heterocycles. The molecule has 4 fully saturated rings. The SMILES string of the molecule is C[C@@H](CCC(=O)O)[C@H]1CC[C@H]2[C@H]3C(=O)C[C@@H]4C[C@H](C(=O)O)CC[C@]4(C)[C@@H]3C[C@H](C(=O)O)[C@]12C. The molecule has 0 unspecified atom stereocenters.